The van der Waals surface area contributed by atoms with Crippen LogP contribution in [0.15, 0.2) is 91.0 Å². The minimum absolute atomic E-state index is 0.184. The van der Waals surface area contributed by atoms with Gasteiger partial charge in [0.15, 0.2) is 0 Å². The molecule has 0 fully saturated rings. The lowest BCUT2D eigenvalue weighted by atomic mass is 10.2. The molecule has 0 bridgehead atoms. The summed E-state index contributed by atoms with van der Waals surface area (Å²) in [5.74, 6) is 0. The van der Waals surface area contributed by atoms with E-state index >= 15 is 0 Å². The number of rotatable bonds is 12. The van der Waals surface area contributed by atoms with Crippen LogP contribution in [0.4, 0.5) is 0 Å². The lowest BCUT2D eigenvalue weighted by Gasteiger charge is -2.23. The molecule has 0 amide bonds. The van der Waals surface area contributed by atoms with Crippen molar-refractivity contribution < 1.29 is 19.3 Å². The summed E-state index contributed by atoms with van der Waals surface area (Å²) in [7, 11) is 0. The van der Waals surface area contributed by atoms with Crippen molar-refractivity contribution in [2.45, 2.75) is 32.0 Å². The van der Waals surface area contributed by atoms with Crippen molar-refractivity contribution in [1.82, 2.24) is 0 Å². The number of hydrogen-bond donors (Lipinski definition) is 1. The number of ether oxygens (including phenoxy) is 3. The first-order valence-electron chi connectivity index (χ1n) is 9.88. The standard InChI is InChI=1S/C25H28O4/c26-24(19-27-16-21-10-4-1-5-11-21)25(29-18-23-14-8-3-9-15-23)20-28-17-22-12-6-2-7-13-22/h1-15,24-26H,16-20H2/t24-,25+/m1/s1. The van der Waals surface area contributed by atoms with Gasteiger partial charge >= 0.3 is 0 Å². The Morgan fingerprint density at radius 1 is 0.552 bits per heavy atom. The normalized spacial score (nSPS) is 13.1. The molecule has 0 heterocycles. The third-order valence-corrected chi connectivity index (χ3v) is 4.53. The first kappa shape index (κ1) is 21.2. The van der Waals surface area contributed by atoms with E-state index in [-0.39, 0.29) is 13.2 Å². The average Bonchev–Trinajstić information content (AvgIpc) is 2.78. The zero-order valence-electron chi connectivity index (χ0n) is 16.5. The van der Waals surface area contributed by atoms with Gasteiger partial charge in [0, 0.05) is 0 Å². The maximum Gasteiger partial charge on any atom is 0.109 e. The topological polar surface area (TPSA) is 47.9 Å². The molecule has 1 N–H and O–H groups in total. The Balaban J connectivity index is 1.50. The van der Waals surface area contributed by atoms with Gasteiger partial charge in [-0.25, -0.2) is 0 Å². The Hall–Kier alpha value is -2.50. The molecule has 0 aliphatic heterocycles. The molecule has 2 atom stereocenters. The lowest BCUT2D eigenvalue weighted by Crippen LogP contribution is -2.36. The molecule has 0 aliphatic carbocycles. The fourth-order valence-corrected chi connectivity index (χ4v) is 2.89. The van der Waals surface area contributed by atoms with E-state index in [9.17, 15) is 5.11 Å². The van der Waals surface area contributed by atoms with E-state index in [1.807, 2.05) is 91.0 Å². The van der Waals surface area contributed by atoms with Gasteiger partial charge in [0.05, 0.1) is 33.0 Å². The monoisotopic (exact) mass is 392 g/mol. The molecule has 0 spiro atoms. The summed E-state index contributed by atoms with van der Waals surface area (Å²) < 4.78 is 17.5. The SMILES string of the molecule is O[C@H](COCc1ccccc1)[C@H](COCc1ccccc1)OCc1ccccc1. The smallest absolute Gasteiger partial charge is 0.109 e. The number of benzene rings is 3. The summed E-state index contributed by atoms with van der Waals surface area (Å²) in [5, 5.41) is 10.6. The van der Waals surface area contributed by atoms with Crippen molar-refractivity contribution in [3.63, 3.8) is 0 Å². The van der Waals surface area contributed by atoms with Crippen LogP contribution in [0, 0.1) is 0 Å². The second-order valence-corrected chi connectivity index (χ2v) is 6.90. The molecule has 3 aromatic carbocycles. The van der Waals surface area contributed by atoms with Crippen molar-refractivity contribution in [3.05, 3.63) is 108 Å². The highest BCUT2D eigenvalue weighted by atomic mass is 16.5. The fraction of sp³-hybridized carbons (Fsp3) is 0.280. The highest BCUT2D eigenvalue weighted by molar-refractivity contribution is 5.15. The van der Waals surface area contributed by atoms with Crippen LogP contribution in [0.1, 0.15) is 16.7 Å². The van der Waals surface area contributed by atoms with E-state index in [1.165, 1.54) is 0 Å². The van der Waals surface area contributed by atoms with E-state index in [1.54, 1.807) is 0 Å². The van der Waals surface area contributed by atoms with E-state index in [0.717, 1.165) is 16.7 Å². The van der Waals surface area contributed by atoms with Crippen molar-refractivity contribution in [2.24, 2.45) is 0 Å². The second kappa shape index (κ2) is 12.1. The molecular formula is C25H28O4. The first-order valence-corrected chi connectivity index (χ1v) is 9.88. The fourth-order valence-electron chi connectivity index (χ4n) is 2.89. The molecule has 4 heteroatoms. The Kier molecular flexibility index (Phi) is 8.88. The van der Waals surface area contributed by atoms with Gasteiger partial charge in [-0.05, 0) is 16.7 Å². The van der Waals surface area contributed by atoms with Gasteiger partial charge in [0.25, 0.3) is 0 Å². The minimum Gasteiger partial charge on any atom is -0.388 e. The molecule has 0 radical (unpaired) electrons. The third-order valence-electron chi connectivity index (χ3n) is 4.53. The van der Waals surface area contributed by atoms with Crippen LogP contribution < -0.4 is 0 Å². The van der Waals surface area contributed by atoms with Crippen LogP contribution in [0.5, 0.6) is 0 Å². The first-order chi connectivity index (χ1) is 14.3. The Bertz CT molecular complexity index is 793. The molecule has 152 valence electrons. The molecule has 29 heavy (non-hydrogen) atoms. The van der Waals surface area contributed by atoms with Crippen LogP contribution in [-0.2, 0) is 34.0 Å². The van der Waals surface area contributed by atoms with Crippen LogP contribution in [0.2, 0.25) is 0 Å². The van der Waals surface area contributed by atoms with Gasteiger partial charge in [0.1, 0.15) is 12.2 Å². The molecule has 0 unspecified atom stereocenters. The molecule has 0 aromatic heterocycles. The molecule has 3 rings (SSSR count). The van der Waals surface area contributed by atoms with Crippen molar-refractivity contribution >= 4 is 0 Å². The van der Waals surface area contributed by atoms with Gasteiger partial charge in [-0.2, -0.15) is 0 Å². The maximum atomic E-state index is 10.6. The molecule has 0 saturated carbocycles. The van der Waals surface area contributed by atoms with Gasteiger partial charge < -0.3 is 19.3 Å². The number of aliphatic hydroxyl groups is 1. The van der Waals surface area contributed by atoms with E-state index < -0.39 is 12.2 Å². The van der Waals surface area contributed by atoms with Crippen LogP contribution >= 0.6 is 0 Å². The Morgan fingerprint density at radius 3 is 1.45 bits per heavy atom. The minimum atomic E-state index is -0.779. The van der Waals surface area contributed by atoms with Crippen molar-refractivity contribution in [2.75, 3.05) is 13.2 Å². The summed E-state index contributed by atoms with van der Waals surface area (Å²) in [6.45, 7) is 1.81. The zero-order valence-corrected chi connectivity index (χ0v) is 16.5. The van der Waals surface area contributed by atoms with Gasteiger partial charge in [-0.15, -0.1) is 0 Å². The summed E-state index contributed by atoms with van der Waals surface area (Å²) in [6.07, 6.45) is -1.26. The van der Waals surface area contributed by atoms with E-state index in [2.05, 4.69) is 0 Å². The molecule has 0 aliphatic rings. The summed E-state index contributed by atoms with van der Waals surface area (Å²) in [6, 6.07) is 29.8. The summed E-state index contributed by atoms with van der Waals surface area (Å²) in [4.78, 5) is 0. The van der Waals surface area contributed by atoms with E-state index in [4.69, 9.17) is 14.2 Å². The highest BCUT2D eigenvalue weighted by Gasteiger charge is 2.21. The largest absolute Gasteiger partial charge is 0.388 e. The average molecular weight is 392 g/mol. The zero-order chi connectivity index (χ0) is 20.2. The molecule has 4 nitrogen and oxygen atoms in total. The predicted molar refractivity (Wildman–Crippen MR) is 113 cm³/mol. The van der Waals surface area contributed by atoms with Gasteiger partial charge in [-0.3, -0.25) is 0 Å². The van der Waals surface area contributed by atoms with Crippen LogP contribution in [0.3, 0.4) is 0 Å². The van der Waals surface area contributed by atoms with Gasteiger partial charge in [0.2, 0.25) is 0 Å². The third kappa shape index (κ3) is 7.80. The van der Waals surface area contributed by atoms with Crippen molar-refractivity contribution in [1.29, 1.82) is 0 Å². The quantitative estimate of drug-likeness (QED) is 0.497. The number of hydrogen-bond acceptors (Lipinski definition) is 4. The highest BCUT2D eigenvalue weighted by Crippen LogP contribution is 2.10. The summed E-state index contributed by atoms with van der Waals surface area (Å²) >= 11 is 0. The number of aliphatic hydroxyl groups excluding tert-OH is 1. The summed E-state index contributed by atoms with van der Waals surface area (Å²) in [5.41, 5.74) is 3.21. The Morgan fingerprint density at radius 2 is 0.966 bits per heavy atom. The molecule has 3 aromatic rings. The Labute approximate surface area is 172 Å². The van der Waals surface area contributed by atoms with E-state index in [0.29, 0.717) is 19.8 Å². The predicted octanol–water partition coefficient (Wildman–Crippen LogP) is 4.37. The second-order valence-electron chi connectivity index (χ2n) is 6.90. The maximum absolute atomic E-state index is 10.6. The van der Waals surface area contributed by atoms with Crippen LogP contribution in [-0.4, -0.2) is 30.5 Å². The van der Waals surface area contributed by atoms with Crippen molar-refractivity contribution in [3.8, 4) is 0 Å². The van der Waals surface area contributed by atoms with Crippen LogP contribution in [0.25, 0.3) is 0 Å². The molecular weight excluding hydrogens is 364 g/mol. The lowest BCUT2D eigenvalue weighted by molar-refractivity contribution is -0.112. The molecule has 0 saturated heterocycles. The van der Waals surface area contributed by atoms with Gasteiger partial charge in [-0.1, -0.05) is 91.0 Å².